The molecule has 0 aliphatic carbocycles. The fraction of sp³-hybridized carbons (Fsp3) is 0.312. The summed E-state index contributed by atoms with van der Waals surface area (Å²) in [6.45, 7) is 2.68. The minimum atomic E-state index is 0.00511. The van der Waals surface area contributed by atoms with E-state index >= 15 is 0 Å². The van der Waals surface area contributed by atoms with Gasteiger partial charge in [0.1, 0.15) is 11.5 Å². The molecule has 0 aliphatic heterocycles. The zero-order valence-corrected chi connectivity index (χ0v) is 11.9. The molecule has 0 unspecified atom stereocenters. The first-order chi connectivity index (χ1) is 9.72. The Labute approximate surface area is 119 Å². The van der Waals surface area contributed by atoms with Gasteiger partial charge in [0.05, 0.1) is 13.0 Å². The van der Waals surface area contributed by atoms with E-state index in [4.69, 9.17) is 4.42 Å². The van der Waals surface area contributed by atoms with E-state index in [-0.39, 0.29) is 5.91 Å². The Hall–Kier alpha value is -2.23. The number of rotatable bonds is 6. The van der Waals surface area contributed by atoms with Gasteiger partial charge < -0.3 is 15.1 Å². The predicted molar refractivity (Wildman–Crippen MR) is 79.6 cm³/mol. The fourth-order valence-corrected chi connectivity index (χ4v) is 2.00. The van der Waals surface area contributed by atoms with Crippen LogP contribution in [0.25, 0.3) is 0 Å². The Morgan fingerprint density at radius 1 is 1.15 bits per heavy atom. The number of aryl methyl sites for hydroxylation is 1. The molecule has 0 aliphatic rings. The second-order valence-corrected chi connectivity index (χ2v) is 4.58. The molecule has 0 radical (unpaired) electrons. The number of nitrogens with one attached hydrogen (secondary N) is 2. The maximum Gasteiger partial charge on any atom is 0.224 e. The molecule has 0 saturated carbocycles. The second-order valence-electron chi connectivity index (χ2n) is 4.58. The lowest BCUT2D eigenvalue weighted by atomic mass is 10.1. The first-order valence-electron chi connectivity index (χ1n) is 6.83. The van der Waals surface area contributed by atoms with Crippen LogP contribution in [0.4, 0.5) is 5.69 Å². The van der Waals surface area contributed by atoms with E-state index in [0.717, 1.165) is 29.2 Å². The van der Waals surface area contributed by atoms with Crippen molar-refractivity contribution < 1.29 is 9.21 Å². The van der Waals surface area contributed by atoms with Crippen molar-refractivity contribution in [3.05, 3.63) is 53.5 Å². The van der Waals surface area contributed by atoms with Gasteiger partial charge in [-0.3, -0.25) is 4.79 Å². The Morgan fingerprint density at radius 3 is 2.60 bits per heavy atom. The number of carbonyl (C=O) groups is 1. The molecular weight excluding hydrogens is 252 g/mol. The maximum absolute atomic E-state index is 11.5. The quantitative estimate of drug-likeness (QED) is 0.850. The van der Waals surface area contributed by atoms with Crippen LogP contribution in [0.5, 0.6) is 0 Å². The van der Waals surface area contributed by atoms with Crippen LogP contribution in [-0.2, 0) is 24.2 Å². The highest BCUT2D eigenvalue weighted by Gasteiger charge is 2.07. The zero-order chi connectivity index (χ0) is 14.4. The van der Waals surface area contributed by atoms with Crippen LogP contribution in [-0.4, -0.2) is 13.0 Å². The third-order valence-corrected chi connectivity index (χ3v) is 3.17. The van der Waals surface area contributed by atoms with Gasteiger partial charge in [0.15, 0.2) is 0 Å². The summed E-state index contributed by atoms with van der Waals surface area (Å²) in [5.41, 5.74) is 1.94. The van der Waals surface area contributed by atoms with Gasteiger partial charge in [0.2, 0.25) is 5.91 Å². The second kappa shape index (κ2) is 6.80. The maximum atomic E-state index is 11.5. The molecule has 106 valence electrons. The zero-order valence-electron chi connectivity index (χ0n) is 11.9. The summed E-state index contributed by atoms with van der Waals surface area (Å²) in [5, 5.41) is 5.96. The van der Waals surface area contributed by atoms with E-state index in [1.165, 1.54) is 0 Å². The topological polar surface area (TPSA) is 54.3 Å². The number of furan rings is 1. The average Bonchev–Trinajstić information content (AvgIpc) is 2.94. The number of benzene rings is 1. The molecule has 0 atom stereocenters. The van der Waals surface area contributed by atoms with E-state index in [1.807, 2.05) is 36.4 Å². The molecule has 2 aromatic rings. The van der Waals surface area contributed by atoms with Crippen molar-refractivity contribution in [2.45, 2.75) is 26.3 Å². The van der Waals surface area contributed by atoms with Crippen LogP contribution in [0.15, 0.2) is 40.8 Å². The van der Waals surface area contributed by atoms with Crippen LogP contribution >= 0.6 is 0 Å². The van der Waals surface area contributed by atoms with Crippen molar-refractivity contribution in [3.8, 4) is 0 Å². The summed E-state index contributed by atoms with van der Waals surface area (Å²) in [6, 6.07) is 11.8. The number of para-hydroxylation sites is 1. The molecule has 1 heterocycles. The summed E-state index contributed by atoms with van der Waals surface area (Å²) in [7, 11) is 1.65. The number of likely N-dealkylation sites (N-methyl/N-ethyl adjacent to an activating group) is 1. The minimum Gasteiger partial charge on any atom is -0.464 e. The molecule has 0 spiro atoms. The summed E-state index contributed by atoms with van der Waals surface area (Å²) < 4.78 is 5.65. The number of carbonyl (C=O) groups excluding carboxylic acids is 1. The SMILES string of the molecule is CCc1ccc(CNc2ccccc2CC(=O)NC)o1. The highest BCUT2D eigenvalue weighted by atomic mass is 16.3. The molecule has 1 aromatic carbocycles. The summed E-state index contributed by atoms with van der Waals surface area (Å²) in [6.07, 6.45) is 1.27. The van der Waals surface area contributed by atoms with Crippen LogP contribution in [0.3, 0.4) is 0 Å². The normalized spacial score (nSPS) is 10.3. The first kappa shape index (κ1) is 14.2. The summed E-state index contributed by atoms with van der Waals surface area (Å²) in [5.74, 6) is 1.89. The van der Waals surface area contributed by atoms with Crippen molar-refractivity contribution in [3.63, 3.8) is 0 Å². The molecule has 0 fully saturated rings. The van der Waals surface area contributed by atoms with Crippen molar-refractivity contribution in [2.75, 3.05) is 12.4 Å². The highest BCUT2D eigenvalue weighted by molar-refractivity contribution is 5.80. The average molecular weight is 272 g/mol. The van der Waals surface area contributed by atoms with Crippen LogP contribution in [0.2, 0.25) is 0 Å². The van der Waals surface area contributed by atoms with Crippen molar-refractivity contribution >= 4 is 11.6 Å². The van der Waals surface area contributed by atoms with Crippen LogP contribution in [0, 0.1) is 0 Å². The fourth-order valence-electron chi connectivity index (χ4n) is 2.00. The molecule has 4 nitrogen and oxygen atoms in total. The Morgan fingerprint density at radius 2 is 1.90 bits per heavy atom. The van der Waals surface area contributed by atoms with Crippen molar-refractivity contribution in [1.29, 1.82) is 0 Å². The van der Waals surface area contributed by atoms with E-state index < -0.39 is 0 Å². The number of hydrogen-bond donors (Lipinski definition) is 2. The van der Waals surface area contributed by atoms with E-state index in [1.54, 1.807) is 7.05 Å². The van der Waals surface area contributed by atoms with E-state index in [0.29, 0.717) is 13.0 Å². The van der Waals surface area contributed by atoms with Gasteiger partial charge in [-0.1, -0.05) is 25.1 Å². The molecule has 0 bridgehead atoms. The van der Waals surface area contributed by atoms with Crippen LogP contribution < -0.4 is 10.6 Å². The lowest BCUT2D eigenvalue weighted by molar-refractivity contribution is -0.119. The smallest absolute Gasteiger partial charge is 0.224 e. The monoisotopic (exact) mass is 272 g/mol. The van der Waals surface area contributed by atoms with E-state index in [9.17, 15) is 4.79 Å². The molecule has 2 rings (SSSR count). The summed E-state index contributed by atoms with van der Waals surface area (Å²) >= 11 is 0. The van der Waals surface area contributed by atoms with Gasteiger partial charge in [-0.05, 0) is 23.8 Å². The Bertz CT molecular complexity index is 575. The highest BCUT2D eigenvalue weighted by Crippen LogP contribution is 2.17. The third kappa shape index (κ3) is 3.63. The van der Waals surface area contributed by atoms with Crippen molar-refractivity contribution in [2.24, 2.45) is 0 Å². The lowest BCUT2D eigenvalue weighted by Gasteiger charge is -2.10. The van der Waals surface area contributed by atoms with Gasteiger partial charge in [-0.2, -0.15) is 0 Å². The Kier molecular flexibility index (Phi) is 4.82. The minimum absolute atomic E-state index is 0.00511. The summed E-state index contributed by atoms with van der Waals surface area (Å²) in [4.78, 5) is 11.5. The molecule has 0 saturated heterocycles. The van der Waals surface area contributed by atoms with Gasteiger partial charge in [0, 0.05) is 19.2 Å². The third-order valence-electron chi connectivity index (χ3n) is 3.17. The molecular formula is C16H20N2O2. The number of anilines is 1. The first-order valence-corrected chi connectivity index (χ1v) is 6.83. The van der Waals surface area contributed by atoms with E-state index in [2.05, 4.69) is 17.6 Å². The largest absolute Gasteiger partial charge is 0.464 e. The van der Waals surface area contributed by atoms with Gasteiger partial charge in [-0.15, -0.1) is 0 Å². The molecule has 4 heteroatoms. The lowest BCUT2D eigenvalue weighted by Crippen LogP contribution is -2.20. The number of hydrogen-bond acceptors (Lipinski definition) is 3. The predicted octanol–water partition coefficient (Wildman–Crippen LogP) is 2.74. The molecule has 1 amide bonds. The van der Waals surface area contributed by atoms with Gasteiger partial charge in [-0.25, -0.2) is 0 Å². The van der Waals surface area contributed by atoms with Gasteiger partial charge >= 0.3 is 0 Å². The standard InChI is InChI=1S/C16H20N2O2/c1-3-13-8-9-14(20-13)11-18-15-7-5-4-6-12(15)10-16(19)17-2/h4-9,18H,3,10-11H2,1-2H3,(H,17,19). The molecule has 2 N–H and O–H groups in total. The van der Waals surface area contributed by atoms with Crippen LogP contribution in [0.1, 0.15) is 24.0 Å². The molecule has 1 aromatic heterocycles. The van der Waals surface area contributed by atoms with Gasteiger partial charge in [0.25, 0.3) is 0 Å². The van der Waals surface area contributed by atoms with Crippen molar-refractivity contribution in [1.82, 2.24) is 5.32 Å². The molecule has 20 heavy (non-hydrogen) atoms. The Balaban J connectivity index is 2.03. The number of amides is 1.